The Hall–Kier alpha value is -1.74. The summed E-state index contributed by atoms with van der Waals surface area (Å²) in [6.07, 6.45) is 1.10. The number of nitrogens with zero attached hydrogens (tertiary/aromatic N) is 3. The monoisotopic (exact) mass is 404 g/mol. The zero-order valence-electron chi connectivity index (χ0n) is 14.6. The molecule has 0 spiro atoms. The summed E-state index contributed by atoms with van der Waals surface area (Å²) in [5.41, 5.74) is 2.33. The SMILES string of the molecule is COc1ccccc1Nc1nn(CN2CCc3sccc3[C@@H]2C)c(=S)s1. The van der Waals surface area contributed by atoms with E-state index in [0.717, 1.165) is 33.5 Å². The van der Waals surface area contributed by atoms with Gasteiger partial charge >= 0.3 is 0 Å². The average Bonchev–Trinajstić information content (AvgIpc) is 3.25. The van der Waals surface area contributed by atoms with E-state index in [0.29, 0.717) is 12.7 Å². The van der Waals surface area contributed by atoms with Crippen molar-refractivity contribution < 1.29 is 4.74 Å². The highest BCUT2D eigenvalue weighted by Crippen LogP contribution is 2.33. The van der Waals surface area contributed by atoms with Crippen molar-refractivity contribution >= 4 is 45.7 Å². The van der Waals surface area contributed by atoms with Crippen molar-refractivity contribution in [3.8, 4) is 5.75 Å². The van der Waals surface area contributed by atoms with Gasteiger partial charge in [-0.05, 0) is 54.7 Å². The summed E-state index contributed by atoms with van der Waals surface area (Å²) >= 11 is 8.88. The number of benzene rings is 1. The van der Waals surface area contributed by atoms with Gasteiger partial charge in [0, 0.05) is 17.5 Å². The lowest BCUT2D eigenvalue weighted by atomic mass is 10.0. The summed E-state index contributed by atoms with van der Waals surface area (Å²) in [6.45, 7) is 4.00. The third-order valence-electron chi connectivity index (χ3n) is 4.67. The molecule has 3 aromatic rings. The predicted octanol–water partition coefficient (Wildman–Crippen LogP) is 5.06. The van der Waals surface area contributed by atoms with Gasteiger partial charge in [-0.25, -0.2) is 4.68 Å². The summed E-state index contributed by atoms with van der Waals surface area (Å²) in [6, 6.07) is 10.4. The fraction of sp³-hybridized carbons (Fsp3) is 0.333. The third-order valence-corrected chi connectivity index (χ3v) is 6.89. The van der Waals surface area contributed by atoms with Gasteiger partial charge in [-0.2, -0.15) is 0 Å². The first-order valence-corrected chi connectivity index (χ1v) is 10.5. The molecule has 1 aromatic carbocycles. The standard InChI is InChI=1S/C18H20N4OS3/c1-12-13-8-10-25-16(13)7-9-21(12)11-22-18(24)26-17(20-22)19-14-5-3-4-6-15(14)23-2/h3-6,8,10,12H,7,9,11H2,1-2H3,(H,19,20)/t12-/m0/s1. The van der Waals surface area contributed by atoms with E-state index in [1.165, 1.54) is 21.8 Å². The number of methoxy groups -OCH3 is 1. The van der Waals surface area contributed by atoms with Crippen LogP contribution in [0.1, 0.15) is 23.4 Å². The topological polar surface area (TPSA) is 42.3 Å². The normalized spacial score (nSPS) is 17.1. The molecule has 4 rings (SSSR count). The predicted molar refractivity (Wildman–Crippen MR) is 110 cm³/mol. The zero-order valence-corrected chi connectivity index (χ0v) is 17.1. The Morgan fingerprint density at radius 3 is 3.04 bits per heavy atom. The van der Waals surface area contributed by atoms with E-state index >= 15 is 0 Å². The summed E-state index contributed by atoms with van der Waals surface area (Å²) in [4.78, 5) is 3.94. The number of anilines is 2. The number of para-hydroxylation sites is 2. The third kappa shape index (κ3) is 3.42. The second kappa shape index (κ2) is 7.48. The van der Waals surface area contributed by atoms with Crippen LogP contribution in [-0.4, -0.2) is 28.3 Å². The van der Waals surface area contributed by atoms with Crippen molar-refractivity contribution in [3.63, 3.8) is 0 Å². The van der Waals surface area contributed by atoms with Crippen molar-refractivity contribution in [1.82, 2.24) is 14.7 Å². The van der Waals surface area contributed by atoms with Crippen LogP contribution in [0.5, 0.6) is 5.75 Å². The zero-order chi connectivity index (χ0) is 18.1. The molecule has 8 heteroatoms. The maximum atomic E-state index is 5.54. The molecule has 1 atom stereocenters. The molecule has 0 amide bonds. The van der Waals surface area contributed by atoms with Gasteiger partial charge in [0.05, 0.1) is 19.5 Å². The molecular weight excluding hydrogens is 384 g/mol. The van der Waals surface area contributed by atoms with Crippen LogP contribution in [0.2, 0.25) is 0 Å². The lowest BCUT2D eigenvalue weighted by molar-refractivity contribution is 0.145. The molecule has 5 nitrogen and oxygen atoms in total. The molecule has 0 fully saturated rings. The van der Waals surface area contributed by atoms with Crippen LogP contribution in [0.3, 0.4) is 0 Å². The van der Waals surface area contributed by atoms with Crippen LogP contribution >= 0.6 is 34.9 Å². The number of ether oxygens (including phenoxy) is 1. The van der Waals surface area contributed by atoms with Crippen molar-refractivity contribution in [3.05, 3.63) is 50.1 Å². The van der Waals surface area contributed by atoms with Gasteiger partial charge < -0.3 is 10.1 Å². The number of hydrogen-bond acceptors (Lipinski definition) is 7. The lowest BCUT2D eigenvalue weighted by Crippen LogP contribution is -2.35. The average molecular weight is 405 g/mol. The molecule has 0 saturated carbocycles. The van der Waals surface area contributed by atoms with Crippen LogP contribution in [0.15, 0.2) is 35.7 Å². The Bertz CT molecular complexity index is 961. The number of fused-ring (bicyclic) bond motifs is 1. The van der Waals surface area contributed by atoms with E-state index in [1.54, 1.807) is 7.11 Å². The number of hydrogen-bond donors (Lipinski definition) is 1. The number of thiophene rings is 1. The fourth-order valence-corrected chi connectivity index (χ4v) is 5.20. The first-order chi connectivity index (χ1) is 12.7. The van der Waals surface area contributed by atoms with Crippen LogP contribution in [0.25, 0.3) is 0 Å². The Morgan fingerprint density at radius 1 is 1.35 bits per heavy atom. The maximum Gasteiger partial charge on any atom is 0.209 e. The van der Waals surface area contributed by atoms with Crippen molar-refractivity contribution in [2.75, 3.05) is 19.0 Å². The number of rotatable bonds is 5. The Morgan fingerprint density at radius 2 is 2.19 bits per heavy atom. The van der Waals surface area contributed by atoms with Gasteiger partial charge in [0.2, 0.25) is 5.13 Å². The molecule has 136 valence electrons. The molecule has 1 aliphatic heterocycles. The number of nitrogens with one attached hydrogen (secondary N) is 1. The smallest absolute Gasteiger partial charge is 0.209 e. The molecule has 0 aliphatic carbocycles. The molecule has 0 radical (unpaired) electrons. The van der Waals surface area contributed by atoms with E-state index in [4.69, 9.17) is 17.0 Å². The second-order valence-electron chi connectivity index (χ2n) is 6.18. The molecule has 0 bridgehead atoms. The lowest BCUT2D eigenvalue weighted by Gasteiger charge is -2.33. The summed E-state index contributed by atoms with van der Waals surface area (Å²) in [7, 11) is 1.66. The van der Waals surface area contributed by atoms with Gasteiger partial charge in [-0.3, -0.25) is 4.90 Å². The minimum atomic E-state index is 0.388. The van der Waals surface area contributed by atoms with Crippen LogP contribution in [-0.2, 0) is 13.1 Å². The Labute approximate surface area is 165 Å². The van der Waals surface area contributed by atoms with E-state index in [2.05, 4.69) is 33.7 Å². The summed E-state index contributed by atoms with van der Waals surface area (Å²) < 4.78 is 8.07. The van der Waals surface area contributed by atoms with Gasteiger partial charge in [-0.1, -0.05) is 23.5 Å². The first-order valence-electron chi connectivity index (χ1n) is 8.44. The highest BCUT2D eigenvalue weighted by Gasteiger charge is 2.25. The first kappa shape index (κ1) is 17.7. The minimum absolute atomic E-state index is 0.388. The van der Waals surface area contributed by atoms with Crippen LogP contribution in [0, 0.1) is 3.95 Å². The largest absolute Gasteiger partial charge is 0.495 e. The van der Waals surface area contributed by atoms with E-state index < -0.39 is 0 Å². The molecule has 0 unspecified atom stereocenters. The highest BCUT2D eigenvalue weighted by molar-refractivity contribution is 7.73. The molecule has 0 saturated heterocycles. The van der Waals surface area contributed by atoms with Gasteiger partial charge in [0.15, 0.2) is 3.95 Å². The Kier molecular flexibility index (Phi) is 5.08. The quantitative estimate of drug-likeness (QED) is 0.602. The van der Waals surface area contributed by atoms with Crippen LogP contribution < -0.4 is 10.1 Å². The van der Waals surface area contributed by atoms with Gasteiger partial charge in [0.25, 0.3) is 0 Å². The van der Waals surface area contributed by atoms with Gasteiger partial charge in [-0.15, -0.1) is 16.4 Å². The fourth-order valence-electron chi connectivity index (χ4n) is 3.24. The van der Waals surface area contributed by atoms with E-state index in [1.807, 2.05) is 40.3 Å². The summed E-state index contributed by atoms with van der Waals surface area (Å²) in [5.74, 6) is 0.787. The molecular formula is C18H20N4OS3. The van der Waals surface area contributed by atoms with Crippen molar-refractivity contribution in [1.29, 1.82) is 0 Å². The van der Waals surface area contributed by atoms with Crippen LogP contribution in [0.4, 0.5) is 10.8 Å². The van der Waals surface area contributed by atoms with E-state index in [9.17, 15) is 0 Å². The molecule has 1 N–H and O–H groups in total. The van der Waals surface area contributed by atoms with Gasteiger partial charge in [0.1, 0.15) is 5.75 Å². The molecule has 1 aliphatic rings. The maximum absolute atomic E-state index is 5.54. The minimum Gasteiger partial charge on any atom is -0.495 e. The Balaban J connectivity index is 1.52. The molecule has 2 aromatic heterocycles. The number of aromatic nitrogens is 2. The molecule has 3 heterocycles. The second-order valence-corrected chi connectivity index (χ2v) is 8.80. The van der Waals surface area contributed by atoms with E-state index in [-0.39, 0.29) is 0 Å². The van der Waals surface area contributed by atoms with Crippen molar-refractivity contribution in [2.24, 2.45) is 0 Å². The van der Waals surface area contributed by atoms with Crippen molar-refractivity contribution in [2.45, 2.75) is 26.1 Å². The summed E-state index contributed by atoms with van der Waals surface area (Å²) in [5, 5.41) is 11.0. The molecule has 26 heavy (non-hydrogen) atoms. The highest BCUT2D eigenvalue weighted by atomic mass is 32.1.